The van der Waals surface area contributed by atoms with Crippen LogP contribution in [-0.4, -0.2) is 23.4 Å². The number of hydrogen-bond acceptors (Lipinski definition) is 3. The fourth-order valence-corrected chi connectivity index (χ4v) is 5.18. The lowest BCUT2D eigenvalue weighted by molar-refractivity contribution is -0.139. The van der Waals surface area contributed by atoms with E-state index in [0.29, 0.717) is 23.7 Å². The smallest absolute Gasteiger partial charge is 0.235 e. The zero-order chi connectivity index (χ0) is 15.7. The lowest BCUT2D eigenvalue weighted by atomic mass is 9.63. The van der Waals surface area contributed by atoms with Crippen molar-refractivity contribution in [2.75, 3.05) is 12.0 Å². The van der Waals surface area contributed by atoms with Crippen LogP contribution < -0.4 is 5.32 Å². The van der Waals surface area contributed by atoms with Gasteiger partial charge in [0, 0.05) is 10.2 Å². The average Bonchev–Trinajstić information content (AvgIpc) is 3.33. The molecule has 4 nitrogen and oxygen atoms in total. The van der Waals surface area contributed by atoms with Gasteiger partial charge in [-0.05, 0) is 54.4 Å². The van der Waals surface area contributed by atoms with Crippen LogP contribution in [0.25, 0.3) is 0 Å². The summed E-state index contributed by atoms with van der Waals surface area (Å²) in [6, 6.07) is 7.74. The molecule has 5 heteroatoms. The van der Waals surface area contributed by atoms with E-state index in [1.807, 2.05) is 24.3 Å². The third kappa shape index (κ3) is 1.89. The minimum Gasteiger partial charge on any atom is -0.367 e. The number of hydrogen-bond donors (Lipinski definition) is 1. The maximum absolute atomic E-state index is 12.8. The van der Waals surface area contributed by atoms with E-state index >= 15 is 0 Å². The van der Waals surface area contributed by atoms with Gasteiger partial charge in [-0.15, -0.1) is 0 Å². The maximum atomic E-state index is 12.8. The van der Waals surface area contributed by atoms with E-state index in [1.54, 1.807) is 0 Å². The number of imide groups is 1. The number of amides is 2. The van der Waals surface area contributed by atoms with Crippen LogP contribution in [0.2, 0.25) is 0 Å². The molecule has 0 radical (unpaired) electrons. The second-order valence-corrected chi connectivity index (χ2v) is 8.02. The molecule has 1 N–H and O–H groups in total. The Morgan fingerprint density at radius 1 is 1.00 bits per heavy atom. The fraction of sp³-hybridized carbons (Fsp3) is 0.444. The van der Waals surface area contributed by atoms with Gasteiger partial charge in [0.05, 0.1) is 18.5 Å². The zero-order valence-corrected chi connectivity index (χ0v) is 14.1. The molecule has 5 aliphatic rings. The van der Waals surface area contributed by atoms with E-state index < -0.39 is 0 Å². The predicted molar refractivity (Wildman–Crippen MR) is 89.2 cm³/mol. The molecule has 0 unspecified atom stereocenters. The maximum Gasteiger partial charge on any atom is 0.235 e. The molecule has 1 saturated heterocycles. The molecule has 1 aromatic carbocycles. The highest BCUT2D eigenvalue weighted by molar-refractivity contribution is 9.10. The zero-order valence-electron chi connectivity index (χ0n) is 12.5. The second kappa shape index (κ2) is 4.69. The van der Waals surface area contributed by atoms with E-state index in [0.717, 1.165) is 10.2 Å². The van der Waals surface area contributed by atoms with Crippen molar-refractivity contribution < 1.29 is 9.59 Å². The first-order valence-corrected chi connectivity index (χ1v) is 8.97. The van der Waals surface area contributed by atoms with Gasteiger partial charge in [-0.1, -0.05) is 28.1 Å². The van der Waals surface area contributed by atoms with Crippen LogP contribution in [0.5, 0.6) is 0 Å². The number of nitrogens with one attached hydrogen (secondary N) is 1. The van der Waals surface area contributed by atoms with E-state index in [4.69, 9.17) is 0 Å². The summed E-state index contributed by atoms with van der Waals surface area (Å²) in [6.07, 6.45) is 5.61. The molecule has 2 bridgehead atoms. The summed E-state index contributed by atoms with van der Waals surface area (Å²) in [5.41, 5.74) is 0.910. The molecule has 1 aromatic rings. The van der Waals surface area contributed by atoms with Crippen molar-refractivity contribution in [2.45, 2.75) is 6.42 Å². The SMILES string of the molecule is O=C1[C@@H]2[C@@H]3C=C[C@H]([C@@H]4C[C@H]34)[C@@H]2C(=O)N1CNc1ccc(Br)cc1. The summed E-state index contributed by atoms with van der Waals surface area (Å²) in [5, 5.41) is 3.20. The van der Waals surface area contributed by atoms with Crippen molar-refractivity contribution in [3.8, 4) is 0 Å². The lowest BCUT2D eigenvalue weighted by Crippen LogP contribution is -2.40. The van der Waals surface area contributed by atoms with Gasteiger partial charge in [0.2, 0.25) is 11.8 Å². The highest BCUT2D eigenvalue weighted by atomic mass is 79.9. The van der Waals surface area contributed by atoms with Gasteiger partial charge in [-0.2, -0.15) is 0 Å². The normalized spacial score (nSPS) is 39.4. The van der Waals surface area contributed by atoms with Gasteiger partial charge in [0.25, 0.3) is 0 Å². The minimum atomic E-state index is -0.104. The molecule has 0 aromatic heterocycles. The molecule has 0 spiro atoms. The predicted octanol–water partition coefficient (Wildman–Crippen LogP) is 2.87. The molecular weight excluding hydrogens is 356 g/mol. The van der Waals surface area contributed by atoms with Crippen LogP contribution >= 0.6 is 15.9 Å². The Labute approximate surface area is 143 Å². The van der Waals surface area contributed by atoms with Crippen molar-refractivity contribution in [3.63, 3.8) is 0 Å². The van der Waals surface area contributed by atoms with Crippen molar-refractivity contribution in [3.05, 3.63) is 40.9 Å². The van der Waals surface area contributed by atoms with E-state index in [9.17, 15) is 9.59 Å². The molecule has 1 heterocycles. The number of allylic oxidation sites excluding steroid dienone is 2. The fourth-order valence-electron chi connectivity index (χ4n) is 4.91. The number of likely N-dealkylation sites (tertiary alicyclic amines) is 1. The van der Waals surface area contributed by atoms with Crippen molar-refractivity contribution in [2.24, 2.45) is 35.5 Å². The van der Waals surface area contributed by atoms with Crippen molar-refractivity contribution >= 4 is 33.4 Å². The Morgan fingerprint density at radius 2 is 1.57 bits per heavy atom. The number of carbonyl (C=O) groups is 2. The summed E-state index contributed by atoms with van der Waals surface area (Å²) in [6.45, 7) is 0.265. The highest BCUT2D eigenvalue weighted by Gasteiger charge is 2.66. The van der Waals surface area contributed by atoms with Gasteiger partial charge in [-0.25, -0.2) is 0 Å². The van der Waals surface area contributed by atoms with Gasteiger partial charge >= 0.3 is 0 Å². The Bertz CT molecular complexity index is 693. The number of carbonyl (C=O) groups excluding carboxylic acids is 2. The quantitative estimate of drug-likeness (QED) is 0.655. The second-order valence-electron chi connectivity index (χ2n) is 7.10. The molecule has 23 heavy (non-hydrogen) atoms. The third-order valence-corrected chi connectivity index (χ3v) is 6.57. The number of benzene rings is 1. The molecule has 4 aliphatic carbocycles. The monoisotopic (exact) mass is 372 g/mol. The number of halogens is 1. The molecule has 1 aliphatic heterocycles. The topological polar surface area (TPSA) is 49.4 Å². The van der Waals surface area contributed by atoms with E-state index in [2.05, 4.69) is 33.4 Å². The molecule has 6 rings (SSSR count). The first-order valence-electron chi connectivity index (χ1n) is 8.18. The highest BCUT2D eigenvalue weighted by Crippen LogP contribution is 2.65. The summed E-state index contributed by atoms with van der Waals surface area (Å²) >= 11 is 3.40. The first kappa shape index (κ1) is 13.8. The summed E-state index contributed by atoms with van der Waals surface area (Å²) in [7, 11) is 0. The Hall–Kier alpha value is -1.62. The summed E-state index contributed by atoms with van der Waals surface area (Å²) in [5.74, 6) is 1.74. The van der Waals surface area contributed by atoms with Crippen LogP contribution in [-0.2, 0) is 9.59 Å². The largest absolute Gasteiger partial charge is 0.367 e. The molecular formula is C18H17BrN2O2. The standard InChI is InChI=1S/C18H17BrN2O2/c19-9-1-3-10(4-2-9)20-8-21-17(22)15-11-5-6-12(14-7-13(11)14)16(15)18(21)23/h1-6,11-16,20H,7-8H2/t11-,12-,13-,14+,15-,16+/m1/s1. The summed E-state index contributed by atoms with van der Waals surface area (Å²) in [4.78, 5) is 27.0. The Morgan fingerprint density at radius 3 is 2.13 bits per heavy atom. The van der Waals surface area contributed by atoms with Crippen LogP contribution in [0.1, 0.15) is 6.42 Å². The van der Waals surface area contributed by atoms with Crippen LogP contribution in [0.3, 0.4) is 0 Å². The Kier molecular flexibility index (Phi) is 2.81. The summed E-state index contributed by atoms with van der Waals surface area (Å²) < 4.78 is 1.00. The lowest BCUT2D eigenvalue weighted by Gasteiger charge is -2.37. The Balaban J connectivity index is 1.36. The van der Waals surface area contributed by atoms with E-state index in [-0.39, 0.29) is 30.3 Å². The number of nitrogens with zero attached hydrogens (tertiary/aromatic N) is 1. The number of rotatable bonds is 3. The van der Waals surface area contributed by atoms with Gasteiger partial charge < -0.3 is 5.32 Å². The number of anilines is 1. The molecule has 3 fully saturated rings. The molecule has 6 atom stereocenters. The van der Waals surface area contributed by atoms with Crippen molar-refractivity contribution in [1.29, 1.82) is 0 Å². The molecule has 118 valence electrons. The average molecular weight is 373 g/mol. The molecule has 2 amide bonds. The van der Waals surface area contributed by atoms with Gasteiger partial charge in [0.1, 0.15) is 0 Å². The van der Waals surface area contributed by atoms with E-state index in [1.165, 1.54) is 11.3 Å². The van der Waals surface area contributed by atoms with Crippen LogP contribution in [0.15, 0.2) is 40.9 Å². The third-order valence-electron chi connectivity index (χ3n) is 6.04. The first-order chi connectivity index (χ1) is 11.1. The van der Waals surface area contributed by atoms with Crippen LogP contribution in [0.4, 0.5) is 5.69 Å². The molecule has 2 saturated carbocycles. The van der Waals surface area contributed by atoms with Gasteiger partial charge in [-0.3, -0.25) is 14.5 Å². The van der Waals surface area contributed by atoms with Gasteiger partial charge in [0.15, 0.2) is 0 Å². The minimum absolute atomic E-state index is 0.0225. The van der Waals surface area contributed by atoms with Crippen LogP contribution in [0, 0.1) is 35.5 Å². The van der Waals surface area contributed by atoms with Crippen molar-refractivity contribution in [1.82, 2.24) is 4.90 Å².